The van der Waals surface area contributed by atoms with Crippen molar-refractivity contribution in [3.8, 4) is 22.6 Å². The van der Waals surface area contributed by atoms with Crippen molar-refractivity contribution < 1.29 is 23.8 Å². The van der Waals surface area contributed by atoms with Gasteiger partial charge in [-0.3, -0.25) is 4.79 Å². The summed E-state index contributed by atoms with van der Waals surface area (Å²) in [4.78, 5) is 27.1. The monoisotopic (exact) mass is 477 g/mol. The fraction of sp³-hybridized carbons (Fsp3) is 0.429. The molecule has 1 aliphatic heterocycles. The maximum Gasteiger partial charge on any atom is 0.336 e. The Kier molecular flexibility index (Phi) is 6.28. The molecular weight excluding hydrogens is 446 g/mol. The van der Waals surface area contributed by atoms with Gasteiger partial charge in [-0.25, -0.2) is 4.79 Å². The number of hydrogen-bond donors (Lipinski definition) is 1. The molecule has 184 valence electrons. The minimum Gasteiger partial charge on any atom is -0.497 e. The fourth-order valence-electron chi connectivity index (χ4n) is 5.54. The van der Waals surface area contributed by atoms with Crippen molar-refractivity contribution in [3.05, 3.63) is 58.4 Å². The minimum absolute atomic E-state index is 0.0921. The normalized spacial score (nSPS) is 22.0. The molecule has 35 heavy (non-hydrogen) atoms. The second kappa shape index (κ2) is 9.38. The summed E-state index contributed by atoms with van der Waals surface area (Å²) < 4.78 is 16.7. The van der Waals surface area contributed by atoms with Gasteiger partial charge in [0.2, 0.25) is 0 Å². The van der Waals surface area contributed by atoms with Crippen LogP contribution in [0.4, 0.5) is 0 Å². The first kappa shape index (κ1) is 23.4. The number of rotatable bonds is 5. The van der Waals surface area contributed by atoms with Gasteiger partial charge in [0.05, 0.1) is 12.7 Å². The number of ether oxygens (including phenoxy) is 2. The van der Waals surface area contributed by atoms with Gasteiger partial charge in [0, 0.05) is 36.0 Å². The lowest BCUT2D eigenvalue weighted by Crippen LogP contribution is -2.55. The predicted octanol–water partition coefficient (Wildman–Crippen LogP) is 4.31. The van der Waals surface area contributed by atoms with E-state index in [0.717, 1.165) is 47.9 Å². The first-order valence-electron chi connectivity index (χ1n) is 12.2. The Hall–Kier alpha value is -3.32. The summed E-state index contributed by atoms with van der Waals surface area (Å²) >= 11 is 0. The maximum atomic E-state index is 12.9. The molecule has 1 amide bonds. The molecule has 1 aliphatic carbocycles. The zero-order valence-electron chi connectivity index (χ0n) is 20.2. The Morgan fingerprint density at radius 1 is 1.17 bits per heavy atom. The summed E-state index contributed by atoms with van der Waals surface area (Å²) in [6.45, 7) is 2.85. The van der Waals surface area contributed by atoms with E-state index < -0.39 is 11.2 Å². The van der Waals surface area contributed by atoms with Crippen molar-refractivity contribution in [3.63, 3.8) is 0 Å². The highest BCUT2D eigenvalue weighted by Crippen LogP contribution is 2.40. The quantitative estimate of drug-likeness (QED) is 0.551. The van der Waals surface area contributed by atoms with E-state index in [0.29, 0.717) is 36.4 Å². The van der Waals surface area contributed by atoms with Crippen molar-refractivity contribution in [2.24, 2.45) is 5.92 Å². The molecule has 1 saturated carbocycles. The molecule has 5 rings (SSSR count). The lowest BCUT2D eigenvalue weighted by atomic mass is 9.71. The van der Waals surface area contributed by atoms with Crippen LogP contribution in [-0.4, -0.2) is 48.3 Å². The van der Waals surface area contributed by atoms with Crippen LogP contribution >= 0.6 is 0 Å². The van der Waals surface area contributed by atoms with E-state index in [2.05, 4.69) is 0 Å². The summed E-state index contributed by atoms with van der Waals surface area (Å²) in [7, 11) is 1.61. The van der Waals surface area contributed by atoms with Gasteiger partial charge < -0.3 is 23.9 Å². The van der Waals surface area contributed by atoms with Crippen molar-refractivity contribution in [1.29, 1.82) is 0 Å². The van der Waals surface area contributed by atoms with Crippen LogP contribution in [0, 0.1) is 12.8 Å². The van der Waals surface area contributed by atoms with Gasteiger partial charge in [-0.2, -0.15) is 0 Å². The number of carbonyl (C=O) groups excluding carboxylic acids is 1. The zero-order valence-corrected chi connectivity index (χ0v) is 20.2. The number of nitrogens with zero attached hydrogens (tertiary/aromatic N) is 1. The molecule has 1 N–H and O–H groups in total. The second-order valence-electron chi connectivity index (χ2n) is 9.70. The fourth-order valence-corrected chi connectivity index (χ4v) is 5.54. The molecule has 2 heterocycles. The SMILES string of the molecule is COc1ccc(-c2cc(=O)oc3c(C)c(OCC(=O)N4CC[C@]5(O)CCCC[C@@H]5C4)ccc23)cc1. The third kappa shape index (κ3) is 4.52. The van der Waals surface area contributed by atoms with Gasteiger partial charge in [0.1, 0.15) is 17.1 Å². The standard InChI is InChI=1S/C28H31NO6/c1-18-24(34-17-25(30)29-14-13-28(32)12-4-3-5-20(28)16-29)11-10-22-23(15-26(31)35-27(18)22)19-6-8-21(33-2)9-7-19/h6-11,15,20,32H,3-5,12-14,16-17H2,1-2H3/t20-,28-/m1/s1. The van der Waals surface area contributed by atoms with Crippen LogP contribution in [-0.2, 0) is 4.79 Å². The second-order valence-corrected chi connectivity index (χ2v) is 9.70. The van der Waals surface area contributed by atoms with Gasteiger partial charge >= 0.3 is 5.63 Å². The molecule has 0 spiro atoms. The highest BCUT2D eigenvalue weighted by Gasteiger charge is 2.43. The summed E-state index contributed by atoms with van der Waals surface area (Å²) in [5.41, 5.74) is 1.68. The molecule has 0 radical (unpaired) electrons. The van der Waals surface area contributed by atoms with Crippen LogP contribution in [0.2, 0.25) is 0 Å². The molecule has 0 unspecified atom stereocenters. The van der Waals surface area contributed by atoms with Crippen molar-refractivity contribution >= 4 is 16.9 Å². The molecule has 2 aromatic carbocycles. The Labute approximate surface area is 204 Å². The van der Waals surface area contributed by atoms with Crippen LogP contribution < -0.4 is 15.1 Å². The lowest BCUT2D eigenvalue weighted by molar-refractivity contribution is -0.145. The Morgan fingerprint density at radius 3 is 2.74 bits per heavy atom. The number of carbonyl (C=O) groups is 1. The first-order chi connectivity index (χ1) is 16.9. The molecular formula is C28H31NO6. The van der Waals surface area contributed by atoms with E-state index >= 15 is 0 Å². The molecule has 1 aromatic heterocycles. The number of fused-ring (bicyclic) bond motifs is 2. The van der Waals surface area contributed by atoms with Crippen molar-refractivity contribution in [2.75, 3.05) is 26.8 Å². The highest BCUT2D eigenvalue weighted by molar-refractivity contribution is 5.95. The highest BCUT2D eigenvalue weighted by atomic mass is 16.5. The lowest BCUT2D eigenvalue weighted by Gasteiger charge is -2.47. The van der Waals surface area contributed by atoms with E-state index in [1.54, 1.807) is 7.11 Å². The van der Waals surface area contributed by atoms with Crippen molar-refractivity contribution in [1.82, 2.24) is 4.90 Å². The Bertz CT molecular complexity index is 1300. The third-order valence-corrected chi connectivity index (χ3v) is 7.64. The molecule has 7 nitrogen and oxygen atoms in total. The number of piperidine rings is 1. The van der Waals surface area contributed by atoms with Crippen LogP contribution in [0.1, 0.15) is 37.7 Å². The number of hydrogen-bond acceptors (Lipinski definition) is 6. The molecule has 1 saturated heterocycles. The topological polar surface area (TPSA) is 89.2 Å². The maximum absolute atomic E-state index is 12.9. The van der Waals surface area contributed by atoms with Gasteiger partial charge in [0.25, 0.3) is 5.91 Å². The molecule has 0 bridgehead atoms. The summed E-state index contributed by atoms with van der Waals surface area (Å²) in [6, 6.07) is 12.6. The Balaban J connectivity index is 1.34. The predicted molar refractivity (Wildman–Crippen MR) is 133 cm³/mol. The van der Waals surface area contributed by atoms with Crippen molar-refractivity contribution in [2.45, 2.75) is 44.6 Å². The van der Waals surface area contributed by atoms with E-state index in [-0.39, 0.29) is 18.4 Å². The van der Waals surface area contributed by atoms with Crippen LogP contribution in [0.5, 0.6) is 11.5 Å². The van der Waals surface area contributed by atoms with Gasteiger partial charge in [-0.05, 0) is 61.6 Å². The van der Waals surface area contributed by atoms with Crippen LogP contribution in [0.3, 0.4) is 0 Å². The van der Waals surface area contributed by atoms with E-state index in [9.17, 15) is 14.7 Å². The van der Waals surface area contributed by atoms with Gasteiger partial charge in [-0.1, -0.05) is 25.0 Å². The van der Waals surface area contributed by atoms with Gasteiger partial charge in [0.15, 0.2) is 6.61 Å². The van der Waals surface area contributed by atoms with E-state index in [1.807, 2.05) is 48.2 Å². The first-order valence-corrected chi connectivity index (χ1v) is 12.2. The average molecular weight is 478 g/mol. The molecule has 7 heteroatoms. The number of aliphatic hydroxyl groups is 1. The van der Waals surface area contributed by atoms with E-state index in [4.69, 9.17) is 13.9 Å². The molecule has 2 aliphatic rings. The molecule has 3 aromatic rings. The Morgan fingerprint density at radius 2 is 1.97 bits per heavy atom. The smallest absolute Gasteiger partial charge is 0.336 e. The summed E-state index contributed by atoms with van der Waals surface area (Å²) in [5.74, 6) is 1.29. The minimum atomic E-state index is -0.621. The summed E-state index contributed by atoms with van der Waals surface area (Å²) in [5, 5.41) is 11.7. The third-order valence-electron chi connectivity index (χ3n) is 7.64. The molecule has 2 fully saturated rings. The number of benzene rings is 2. The van der Waals surface area contributed by atoms with E-state index in [1.165, 1.54) is 6.07 Å². The zero-order chi connectivity index (χ0) is 24.6. The summed E-state index contributed by atoms with van der Waals surface area (Å²) in [6.07, 6.45) is 4.57. The number of amides is 1. The number of aryl methyl sites for hydroxylation is 1. The number of methoxy groups -OCH3 is 1. The number of likely N-dealkylation sites (tertiary alicyclic amines) is 1. The average Bonchev–Trinajstić information content (AvgIpc) is 2.87. The van der Waals surface area contributed by atoms with Gasteiger partial charge in [-0.15, -0.1) is 0 Å². The van der Waals surface area contributed by atoms with Crippen LogP contribution in [0.25, 0.3) is 22.1 Å². The van der Waals surface area contributed by atoms with Crippen LogP contribution in [0.15, 0.2) is 51.7 Å². The molecule has 2 atom stereocenters. The largest absolute Gasteiger partial charge is 0.497 e.